The van der Waals surface area contributed by atoms with Crippen molar-refractivity contribution in [2.45, 2.75) is 84.7 Å². The molecule has 0 spiro atoms. The van der Waals surface area contributed by atoms with Crippen molar-refractivity contribution in [1.82, 2.24) is 0 Å². The third kappa shape index (κ3) is 7.20. The predicted molar refractivity (Wildman–Crippen MR) is 136 cm³/mol. The van der Waals surface area contributed by atoms with Crippen molar-refractivity contribution in [3.8, 4) is 5.75 Å². The van der Waals surface area contributed by atoms with Gasteiger partial charge in [-0.3, -0.25) is 4.79 Å². The Kier molecular flexibility index (Phi) is 9.30. The van der Waals surface area contributed by atoms with E-state index in [9.17, 15) is 9.90 Å². The number of aryl methyl sites for hydroxylation is 2. The number of aliphatic carboxylic acids is 1. The first-order valence-electron chi connectivity index (χ1n) is 12.0. The van der Waals surface area contributed by atoms with Gasteiger partial charge in [0.15, 0.2) is 0 Å². The number of rotatable bonds is 12. The summed E-state index contributed by atoms with van der Waals surface area (Å²) in [4.78, 5) is 10.6. The third-order valence-corrected chi connectivity index (χ3v) is 6.47. The van der Waals surface area contributed by atoms with Gasteiger partial charge in [-0.1, -0.05) is 56.3 Å². The van der Waals surface area contributed by atoms with Crippen LogP contribution in [0.2, 0.25) is 0 Å². The number of carbonyl (C=O) groups is 1. The Balaban J connectivity index is 2.28. The first kappa shape index (κ1) is 26.7. The second-order valence-corrected chi connectivity index (χ2v) is 9.53. The van der Waals surface area contributed by atoms with Crippen LogP contribution in [0.15, 0.2) is 42.5 Å². The van der Waals surface area contributed by atoms with E-state index >= 15 is 0 Å². The van der Waals surface area contributed by atoms with Gasteiger partial charge in [0.05, 0.1) is 12.2 Å². The summed E-state index contributed by atoms with van der Waals surface area (Å²) in [5, 5.41) is 18.8. The Morgan fingerprint density at radius 2 is 1.58 bits per heavy atom. The molecule has 2 aromatic carbocycles. The van der Waals surface area contributed by atoms with Gasteiger partial charge in [-0.15, -0.1) is 0 Å². The lowest BCUT2D eigenvalue weighted by Gasteiger charge is -2.34. The molecule has 0 unspecified atom stereocenters. The van der Waals surface area contributed by atoms with Crippen LogP contribution in [0.3, 0.4) is 0 Å². The summed E-state index contributed by atoms with van der Waals surface area (Å²) in [5.41, 5.74) is 5.06. The van der Waals surface area contributed by atoms with Gasteiger partial charge in [0.2, 0.25) is 0 Å². The van der Waals surface area contributed by atoms with Crippen LogP contribution in [0, 0.1) is 13.8 Å². The van der Waals surface area contributed by atoms with Crippen LogP contribution in [-0.4, -0.2) is 28.4 Å². The summed E-state index contributed by atoms with van der Waals surface area (Å²) in [7, 11) is 0. The van der Waals surface area contributed by atoms with Gasteiger partial charge in [0.1, 0.15) is 5.75 Å². The fraction of sp³-hybridized carbons (Fsp3) is 0.483. The van der Waals surface area contributed by atoms with E-state index in [2.05, 4.69) is 64.1 Å². The number of hydrogen-bond donors (Lipinski definition) is 2. The molecule has 4 nitrogen and oxygen atoms in total. The second-order valence-electron chi connectivity index (χ2n) is 9.53. The first-order chi connectivity index (χ1) is 15.5. The van der Waals surface area contributed by atoms with Gasteiger partial charge in [-0.2, -0.15) is 0 Å². The minimum absolute atomic E-state index is 0.0893. The average molecular weight is 453 g/mol. The van der Waals surface area contributed by atoms with Crippen LogP contribution in [0.5, 0.6) is 5.75 Å². The highest BCUT2D eigenvalue weighted by molar-refractivity contribution is 5.66. The Morgan fingerprint density at radius 3 is 2.09 bits per heavy atom. The van der Waals surface area contributed by atoms with Crippen molar-refractivity contribution >= 4 is 12.0 Å². The van der Waals surface area contributed by atoms with Gasteiger partial charge in [-0.05, 0) is 87.3 Å². The van der Waals surface area contributed by atoms with Gasteiger partial charge < -0.3 is 14.9 Å². The Hall–Kier alpha value is -2.59. The molecule has 180 valence electrons. The molecule has 2 aromatic rings. The molecule has 0 saturated carbocycles. The van der Waals surface area contributed by atoms with Crippen LogP contribution in [0.25, 0.3) is 6.08 Å². The van der Waals surface area contributed by atoms with E-state index in [1.165, 1.54) is 16.7 Å². The van der Waals surface area contributed by atoms with Crippen molar-refractivity contribution < 1.29 is 19.7 Å². The standard InChI is InChI=1S/C29H40O4/c1-7-29(8-2,24-13-12-23(21(3)19-24)16-17-28(5,6)32)25-14-15-26(22(4)20-25)33-18-10-9-11-27(30)31/h12-17,19-20,32H,7-11,18H2,1-6H3,(H,30,31). The zero-order valence-electron chi connectivity index (χ0n) is 21.1. The van der Waals surface area contributed by atoms with E-state index in [1.54, 1.807) is 13.8 Å². The highest BCUT2D eigenvalue weighted by Gasteiger charge is 2.31. The lowest BCUT2D eigenvalue weighted by atomic mass is 9.70. The second kappa shape index (κ2) is 11.5. The summed E-state index contributed by atoms with van der Waals surface area (Å²) in [6, 6.07) is 13.1. The lowest BCUT2D eigenvalue weighted by Crippen LogP contribution is -2.26. The van der Waals surface area contributed by atoms with E-state index < -0.39 is 11.6 Å². The van der Waals surface area contributed by atoms with Gasteiger partial charge in [-0.25, -0.2) is 0 Å². The van der Waals surface area contributed by atoms with Crippen LogP contribution in [0.4, 0.5) is 0 Å². The molecule has 0 aliphatic carbocycles. The number of carboxylic acid groups (broad SMARTS) is 1. The molecule has 33 heavy (non-hydrogen) atoms. The molecular weight excluding hydrogens is 412 g/mol. The number of carboxylic acids is 1. The molecule has 4 heteroatoms. The van der Waals surface area contributed by atoms with Gasteiger partial charge in [0.25, 0.3) is 0 Å². The van der Waals surface area contributed by atoms with Crippen LogP contribution in [-0.2, 0) is 10.2 Å². The van der Waals surface area contributed by atoms with E-state index in [0.717, 1.165) is 36.1 Å². The van der Waals surface area contributed by atoms with E-state index in [4.69, 9.17) is 9.84 Å². The van der Waals surface area contributed by atoms with Gasteiger partial charge >= 0.3 is 5.97 Å². The molecular formula is C29H40O4. The molecule has 0 saturated heterocycles. The molecule has 0 aliphatic rings. The molecule has 0 amide bonds. The van der Waals surface area contributed by atoms with Crippen molar-refractivity contribution in [3.05, 3.63) is 70.3 Å². The number of hydrogen-bond acceptors (Lipinski definition) is 3. The van der Waals surface area contributed by atoms with Crippen LogP contribution < -0.4 is 4.74 Å². The van der Waals surface area contributed by atoms with E-state index in [0.29, 0.717) is 13.0 Å². The molecule has 0 heterocycles. The highest BCUT2D eigenvalue weighted by atomic mass is 16.5. The lowest BCUT2D eigenvalue weighted by molar-refractivity contribution is -0.137. The zero-order valence-corrected chi connectivity index (χ0v) is 21.1. The normalized spacial score (nSPS) is 12.3. The summed E-state index contributed by atoms with van der Waals surface area (Å²) in [6.07, 6.45) is 7.32. The van der Waals surface area contributed by atoms with Crippen molar-refractivity contribution in [2.24, 2.45) is 0 Å². The maximum absolute atomic E-state index is 10.6. The van der Waals surface area contributed by atoms with E-state index in [-0.39, 0.29) is 11.8 Å². The molecule has 2 N–H and O–H groups in total. The Labute approximate surface area is 199 Å². The number of ether oxygens (including phenoxy) is 1. The molecule has 0 aliphatic heterocycles. The van der Waals surface area contributed by atoms with Crippen molar-refractivity contribution in [2.75, 3.05) is 6.61 Å². The predicted octanol–water partition coefficient (Wildman–Crippen LogP) is 6.83. The van der Waals surface area contributed by atoms with Crippen LogP contribution >= 0.6 is 0 Å². The van der Waals surface area contributed by atoms with Crippen molar-refractivity contribution in [3.63, 3.8) is 0 Å². The number of benzene rings is 2. The Morgan fingerprint density at radius 1 is 0.970 bits per heavy atom. The molecule has 0 fully saturated rings. The summed E-state index contributed by atoms with van der Waals surface area (Å²) in [5.74, 6) is 0.0981. The van der Waals surface area contributed by atoms with Crippen LogP contribution in [0.1, 0.15) is 87.6 Å². The minimum atomic E-state index is -0.834. The quantitative estimate of drug-likeness (QED) is 0.346. The minimum Gasteiger partial charge on any atom is -0.493 e. The topological polar surface area (TPSA) is 66.8 Å². The smallest absolute Gasteiger partial charge is 0.303 e. The highest BCUT2D eigenvalue weighted by Crippen LogP contribution is 2.41. The molecule has 0 atom stereocenters. The molecule has 0 radical (unpaired) electrons. The van der Waals surface area contributed by atoms with Gasteiger partial charge in [0, 0.05) is 11.8 Å². The zero-order chi connectivity index (χ0) is 24.6. The fourth-order valence-electron chi connectivity index (χ4n) is 4.36. The largest absolute Gasteiger partial charge is 0.493 e. The van der Waals surface area contributed by atoms with E-state index in [1.807, 2.05) is 12.2 Å². The number of aliphatic hydroxyl groups is 1. The fourth-order valence-corrected chi connectivity index (χ4v) is 4.36. The third-order valence-electron chi connectivity index (χ3n) is 6.47. The summed E-state index contributed by atoms with van der Waals surface area (Å²) < 4.78 is 5.93. The van der Waals surface area contributed by atoms with Crippen molar-refractivity contribution in [1.29, 1.82) is 0 Å². The summed E-state index contributed by atoms with van der Waals surface area (Å²) >= 11 is 0. The maximum atomic E-state index is 10.6. The Bertz CT molecular complexity index is 962. The monoisotopic (exact) mass is 452 g/mol. The molecule has 2 rings (SSSR count). The SMILES string of the molecule is CCC(CC)(c1ccc(C=CC(C)(C)O)c(C)c1)c1ccc(OCCCCC(=O)O)c(C)c1. The number of unbranched alkanes of at least 4 members (excludes halogenated alkanes) is 1. The average Bonchev–Trinajstić information content (AvgIpc) is 2.74. The maximum Gasteiger partial charge on any atom is 0.303 e. The molecule has 0 bridgehead atoms. The summed E-state index contributed by atoms with van der Waals surface area (Å²) in [6.45, 7) is 12.7. The molecule has 0 aromatic heterocycles. The first-order valence-corrected chi connectivity index (χ1v) is 12.0.